The van der Waals surface area contributed by atoms with Crippen molar-refractivity contribution in [3.05, 3.63) is 23.8 Å². The van der Waals surface area contributed by atoms with Gasteiger partial charge in [0.25, 0.3) is 0 Å². The van der Waals surface area contributed by atoms with Crippen molar-refractivity contribution in [2.45, 2.75) is 5.92 Å². The summed E-state index contributed by atoms with van der Waals surface area (Å²) in [5, 5.41) is 12.3. The maximum absolute atomic E-state index is 9.10. The second kappa shape index (κ2) is 3.26. The summed E-state index contributed by atoms with van der Waals surface area (Å²) in [6.45, 7) is 0.985. The lowest BCUT2D eigenvalue weighted by Gasteiger charge is -2.07. The van der Waals surface area contributed by atoms with E-state index in [-0.39, 0.29) is 12.5 Å². The highest BCUT2D eigenvalue weighted by Gasteiger charge is 2.23. The molecule has 0 bridgehead atoms. The number of hydrogen-bond donors (Lipinski definition) is 2. The fourth-order valence-corrected chi connectivity index (χ4v) is 1.75. The van der Waals surface area contributed by atoms with Crippen molar-refractivity contribution in [1.82, 2.24) is 0 Å². The Hall–Kier alpha value is -1.22. The minimum atomic E-state index is 0.188. The largest absolute Gasteiger partial charge is 0.495 e. The van der Waals surface area contributed by atoms with Crippen LogP contribution in [0.3, 0.4) is 0 Å². The predicted octanol–water partition coefficient (Wildman–Crippen LogP) is 1.20. The van der Waals surface area contributed by atoms with E-state index in [1.165, 1.54) is 0 Å². The van der Waals surface area contributed by atoms with Gasteiger partial charge in [-0.25, -0.2) is 0 Å². The van der Waals surface area contributed by atoms with Crippen molar-refractivity contribution in [2.75, 3.05) is 25.6 Å². The number of fused-ring (bicyclic) bond motifs is 1. The number of para-hydroxylation sites is 1. The lowest BCUT2D eigenvalue weighted by atomic mass is 10.0. The smallest absolute Gasteiger partial charge is 0.142 e. The van der Waals surface area contributed by atoms with Crippen LogP contribution in [0.1, 0.15) is 11.5 Å². The molecular formula is C10H13NO2. The molecule has 0 radical (unpaired) electrons. The van der Waals surface area contributed by atoms with Crippen LogP contribution in [0.2, 0.25) is 0 Å². The van der Waals surface area contributed by atoms with Crippen LogP contribution in [0, 0.1) is 0 Å². The molecule has 0 fully saturated rings. The topological polar surface area (TPSA) is 41.5 Å². The summed E-state index contributed by atoms with van der Waals surface area (Å²) < 4.78 is 5.21. The Kier molecular flexibility index (Phi) is 2.10. The molecule has 1 aromatic rings. The van der Waals surface area contributed by atoms with Gasteiger partial charge in [-0.1, -0.05) is 12.1 Å². The van der Waals surface area contributed by atoms with Gasteiger partial charge in [0, 0.05) is 12.5 Å². The van der Waals surface area contributed by atoms with Gasteiger partial charge in [-0.2, -0.15) is 0 Å². The van der Waals surface area contributed by atoms with E-state index in [0.29, 0.717) is 0 Å². The molecule has 1 aliphatic heterocycles. The molecule has 3 nitrogen and oxygen atoms in total. The van der Waals surface area contributed by atoms with Gasteiger partial charge in [0.2, 0.25) is 0 Å². The van der Waals surface area contributed by atoms with E-state index in [0.717, 1.165) is 23.5 Å². The summed E-state index contributed by atoms with van der Waals surface area (Å²) in [5.74, 6) is 1.07. The molecule has 0 saturated heterocycles. The van der Waals surface area contributed by atoms with Gasteiger partial charge >= 0.3 is 0 Å². The highest BCUT2D eigenvalue weighted by Crippen LogP contribution is 2.37. The van der Waals surface area contributed by atoms with E-state index in [4.69, 9.17) is 9.84 Å². The molecule has 0 amide bonds. The highest BCUT2D eigenvalue weighted by molar-refractivity contribution is 5.66. The first-order valence-corrected chi connectivity index (χ1v) is 4.38. The quantitative estimate of drug-likeness (QED) is 0.716. The van der Waals surface area contributed by atoms with Crippen molar-refractivity contribution in [3.8, 4) is 5.75 Å². The van der Waals surface area contributed by atoms with Crippen LogP contribution in [0.15, 0.2) is 18.2 Å². The van der Waals surface area contributed by atoms with Crippen LogP contribution in [-0.4, -0.2) is 25.4 Å². The van der Waals surface area contributed by atoms with Gasteiger partial charge in [0.05, 0.1) is 19.4 Å². The average Bonchev–Trinajstić information content (AvgIpc) is 2.60. The van der Waals surface area contributed by atoms with E-state index < -0.39 is 0 Å². The molecular weight excluding hydrogens is 166 g/mol. The first-order chi connectivity index (χ1) is 6.36. The molecule has 1 unspecified atom stereocenters. The molecule has 0 spiro atoms. The normalized spacial score (nSPS) is 19.4. The minimum Gasteiger partial charge on any atom is -0.495 e. The molecule has 1 atom stereocenters. The van der Waals surface area contributed by atoms with Crippen molar-refractivity contribution in [1.29, 1.82) is 0 Å². The fraction of sp³-hybridized carbons (Fsp3) is 0.400. The molecule has 3 heteroatoms. The van der Waals surface area contributed by atoms with Crippen LogP contribution in [0.4, 0.5) is 5.69 Å². The van der Waals surface area contributed by atoms with Crippen LogP contribution in [0.5, 0.6) is 5.75 Å². The Morgan fingerprint density at radius 2 is 2.46 bits per heavy atom. The number of hydrogen-bond acceptors (Lipinski definition) is 3. The van der Waals surface area contributed by atoms with Crippen LogP contribution >= 0.6 is 0 Å². The molecule has 0 aliphatic carbocycles. The Morgan fingerprint density at radius 1 is 1.62 bits per heavy atom. The van der Waals surface area contributed by atoms with Crippen molar-refractivity contribution >= 4 is 5.69 Å². The number of aliphatic hydroxyl groups excluding tert-OH is 1. The summed E-state index contributed by atoms with van der Waals surface area (Å²) in [6, 6.07) is 5.90. The maximum Gasteiger partial charge on any atom is 0.142 e. The summed E-state index contributed by atoms with van der Waals surface area (Å²) in [6.07, 6.45) is 0. The van der Waals surface area contributed by atoms with Gasteiger partial charge in [0.1, 0.15) is 5.75 Å². The summed E-state index contributed by atoms with van der Waals surface area (Å²) in [5.41, 5.74) is 2.19. The molecule has 0 aromatic heterocycles. The molecule has 1 aromatic carbocycles. The fourth-order valence-electron chi connectivity index (χ4n) is 1.75. The third-order valence-electron chi connectivity index (χ3n) is 2.46. The van der Waals surface area contributed by atoms with Gasteiger partial charge in [-0.3, -0.25) is 0 Å². The molecule has 2 rings (SSSR count). The Bertz CT molecular complexity index is 312. The Morgan fingerprint density at radius 3 is 3.15 bits per heavy atom. The summed E-state index contributed by atoms with van der Waals surface area (Å²) in [4.78, 5) is 0. The predicted molar refractivity (Wildman–Crippen MR) is 51.3 cm³/mol. The van der Waals surface area contributed by atoms with E-state index in [1.54, 1.807) is 7.11 Å². The number of benzene rings is 1. The molecule has 0 saturated carbocycles. The molecule has 70 valence electrons. The summed E-state index contributed by atoms with van der Waals surface area (Å²) >= 11 is 0. The number of anilines is 1. The van der Waals surface area contributed by atoms with E-state index in [2.05, 4.69) is 5.32 Å². The van der Waals surface area contributed by atoms with Crippen LogP contribution < -0.4 is 10.1 Å². The standard InChI is InChI=1S/C10H13NO2/c1-13-9-4-2-3-8-7(6-12)5-11-10(8)9/h2-4,7,11-12H,5-6H2,1H3. The number of rotatable bonds is 2. The Balaban J connectivity index is 2.43. The van der Waals surface area contributed by atoms with Gasteiger partial charge in [-0.05, 0) is 11.6 Å². The lowest BCUT2D eigenvalue weighted by molar-refractivity contribution is 0.273. The van der Waals surface area contributed by atoms with Gasteiger partial charge < -0.3 is 15.2 Å². The zero-order chi connectivity index (χ0) is 9.26. The van der Waals surface area contributed by atoms with Crippen molar-refractivity contribution in [3.63, 3.8) is 0 Å². The minimum absolute atomic E-state index is 0.188. The molecule has 2 N–H and O–H groups in total. The average molecular weight is 179 g/mol. The van der Waals surface area contributed by atoms with Gasteiger partial charge in [-0.15, -0.1) is 0 Å². The van der Waals surface area contributed by atoms with Gasteiger partial charge in [0.15, 0.2) is 0 Å². The van der Waals surface area contributed by atoms with Crippen molar-refractivity contribution < 1.29 is 9.84 Å². The first-order valence-electron chi connectivity index (χ1n) is 4.38. The van der Waals surface area contributed by atoms with E-state index in [1.807, 2.05) is 18.2 Å². The SMILES string of the molecule is COc1cccc2c1NCC2CO. The number of aliphatic hydroxyl groups is 1. The lowest BCUT2D eigenvalue weighted by Crippen LogP contribution is -2.05. The maximum atomic E-state index is 9.10. The Labute approximate surface area is 77.3 Å². The first kappa shape index (κ1) is 8.38. The van der Waals surface area contributed by atoms with Crippen molar-refractivity contribution in [2.24, 2.45) is 0 Å². The second-order valence-corrected chi connectivity index (χ2v) is 3.18. The second-order valence-electron chi connectivity index (χ2n) is 3.18. The molecule has 1 heterocycles. The summed E-state index contributed by atoms with van der Waals surface area (Å²) in [7, 11) is 1.66. The number of nitrogens with one attached hydrogen (secondary N) is 1. The molecule has 1 aliphatic rings. The van der Waals surface area contributed by atoms with Crippen LogP contribution in [0.25, 0.3) is 0 Å². The highest BCUT2D eigenvalue weighted by atomic mass is 16.5. The number of ether oxygens (including phenoxy) is 1. The third-order valence-corrected chi connectivity index (χ3v) is 2.46. The zero-order valence-corrected chi connectivity index (χ0v) is 7.58. The van der Waals surface area contributed by atoms with Crippen LogP contribution in [-0.2, 0) is 0 Å². The molecule has 13 heavy (non-hydrogen) atoms. The number of methoxy groups -OCH3 is 1. The van der Waals surface area contributed by atoms with E-state index in [9.17, 15) is 0 Å². The van der Waals surface area contributed by atoms with E-state index >= 15 is 0 Å². The third kappa shape index (κ3) is 1.25. The zero-order valence-electron chi connectivity index (χ0n) is 7.58. The monoisotopic (exact) mass is 179 g/mol.